The third kappa shape index (κ3) is 3.66. The van der Waals surface area contributed by atoms with Crippen LogP contribution in [0.15, 0.2) is 35.8 Å². The van der Waals surface area contributed by atoms with Crippen LogP contribution in [-0.4, -0.2) is 34.5 Å². The summed E-state index contributed by atoms with van der Waals surface area (Å²) in [6, 6.07) is 7.34. The third-order valence-corrected chi connectivity index (χ3v) is 4.73. The third-order valence-electron chi connectivity index (χ3n) is 3.71. The molecule has 9 heteroatoms. The van der Waals surface area contributed by atoms with Crippen LogP contribution >= 0.6 is 22.9 Å². The van der Waals surface area contributed by atoms with Crippen molar-refractivity contribution in [2.24, 2.45) is 0 Å². The SMILES string of the molecule is COc1ccccc1CNC(=O)[C@@H](C)OC(=O)c1c(Cl)nc2sccn12. The Morgan fingerprint density at radius 1 is 1.38 bits per heavy atom. The first kappa shape index (κ1) is 18.2. The van der Waals surface area contributed by atoms with Crippen LogP contribution in [0.4, 0.5) is 0 Å². The Balaban J connectivity index is 1.63. The number of halogens is 1. The average Bonchev–Trinajstić information content (AvgIpc) is 3.19. The summed E-state index contributed by atoms with van der Waals surface area (Å²) in [5.41, 5.74) is 0.924. The Bertz CT molecular complexity index is 953. The molecule has 26 heavy (non-hydrogen) atoms. The van der Waals surface area contributed by atoms with Crippen molar-refractivity contribution in [3.63, 3.8) is 0 Å². The Labute approximate surface area is 158 Å². The molecule has 0 radical (unpaired) electrons. The molecule has 0 saturated heterocycles. The number of para-hydroxylation sites is 1. The number of methoxy groups -OCH3 is 1. The van der Waals surface area contributed by atoms with Crippen LogP contribution in [0.25, 0.3) is 4.96 Å². The highest BCUT2D eigenvalue weighted by molar-refractivity contribution is 7.15. The highest BCUT2D eigenvalue weighted by atomic mass is 35.5. The zero-order valence-electron chi connectivity index (χ0n) is 14.1. The van der Waals surface area contributed by atoms with Crippen molar-refractivity contribution in [1.29, 1.82) is 0 Å². The first-order chi connectivity index (χ1) is 12.5. The predicted octanol–water partition coefficient (Wildman–Crippen LogP) is 2.92. The molecule has 0 aliphatic rings. The first-order valence-corrected chi connectivity index (χ1v) is 8.98. The quantitative estimate of drug-likeness (QED) is 0.651. The Morgan fingerprint density at radius 2 is 2.15 bits per heavy atom. The number of thiazole rings is 1. The monoisotopic (exact) mass is 393 g/mol. The highest BCUT2D eigenvalue weighted by Gasteiger charge is 2.25. The molecule has 3 aromatic rings. The Kier molecular flexibility index (Phi) is 5.43. The van der Waals surface area contributed by atoms with Gasteiger partial charge in [-0.2, -0.15) is 0 Å². The zero-order valence-corrected chi connectivity index (χ0v) is 15.6. The molecule has 0 spiro atoms. The zero-order chi connectivity index (χ0) is 18.7. The lowest BCUT2D eigenvalue weighted by Crippen LogP contribution is -2.35. The normalized spacial score (nSPS) is 12.0. The fourth-order valence-corrected chi connectivity index (χ4v) is 3.40. The summed E-state index contributed by atoms with van der Waals surface area (Å²) in [7, 11) is 1.56. The van der Waals surface area contributed by atoms with E-state index in [0.29, 0.717) is 10.7 Å². The van der Waals surface area contributed by atoms with Gasteiger partial charge in [-0.15, -0.1) is 11.3 Å². The summed E-state index contributed by atoms with van der Waals surface area (Å²) in [6.45, 7) is 1.75. The van der Waals surface area contributed by atoms with E-state index < -0.39 is 18.0 Å². The number of benzene rings is 1. The molecule has 0 saturated carbocycles. The van der Waals surface area contributed by atoms with Gasteiger partial charge in [0.25, 0.3) is 5.91 Å². The van der Waals surface area contributed by atoms with E-state index in [0.717, 1.165) is 5.56 Å². The minimum absolute atomic E-state index is 0.0449. The lowest BCUT2D eigenvalue weighted by atomic mass is 10.2. The number of ether oxygens (including phenoxy) is 2. The number of esters is 1. The van der Waals surface area contributed by atoms with Crippen LogP contribution in [0.5, 0.6) is 5.75 Å². The minimum atomic E-state index is -0.988. The number of amides is 1. The van der Waals surface area contributed by atoms with Crippen LogP contribution < -0.4 is 10.1 Å². The molecule has 0 fully saturated rings. The van der Waals surface area contributed by atoms with Crippen LogP contribution in [-0.2, 0) is 16.1 Å². The van der Waals surface area contributed by atoms with Crippen molar-refractivity contribution in [2.45, 2.75) is 19.6 Å². The molecule has 0 aliphatic heterocycles. The molecule has 0 aliphatic carbocycles. The maximum absolute atomic E-state index is 12.4. The van der Waals surface area contributed by atoms with Crippen molar-refractivity contribution in [3.05, 3.63) is 52.3 Å². The molecule has 2 heterocycles. The van der Waals surface area contributed by atoms with Crippen LogP contribution in [0.2, 0.25) is 5.15 Å². The van der Waals surface area contributed by atoms with Gasteiger partial charge >= 0.3 is 5.97 Å². The summed E-state index contributed by atoms with van der Waals surface area (Å²) in [4.78, 5) is 29.3. The van der Waals surface area contributed by atoms with E-state index >= 15 is 0 Å². The molecule has 1 aromatic carbocycles. The van der Waals surface area contributed by atoms with Gasteiger partial charge < -0.3 is 14.8 Å². The summed E-state index contributed by atoms with van der Waals surface area (Å²) < 4.78 is 12.0. The number of nitrogens with zero attached hydrogens (tertiary/aromatic N) is 2. The van der Waals surface area contributed by atoms with E-state index in [2.05, 4.69) is 10.3 Å². The van der Waals surface area contributed by atoms with Gasteiger partial charge in [-0.25, -0.2) is 9.78 Å². The summed E-state index contributed by atoms with van der Waals surface area (Å²) in [5, 5.41) is 4.54. The number of nitrogens with one attached hydrogen (secondary N) is 1. The molecule has 0 bridgehead atoms. The summed E-state index contributed by atoms with van der Waals surface area (Å²) >= 11 is 7.34. The number of rotatable bonds is 6. The topological polar surface area (TPSA) is 81.9 Å². The van der Waals surface area contributed by atoms with Gasteiger partial charge in [-0.05, 0) is 13.0 Å². The maximum atomic E-state index is 12.4. The van der Waals surface area contributed by atoms with Gasteiger partial charge in [-0.3, -0.25) is 9.20 Å². The molecular formula is C17H16ClN3O4S. The van der Waals surface area contributed by atoms with Gasteiger partial charge in [-0.1, -0.05) is 29.8 Å². The van der Waals surface area contributed by atoms with Gasteiger partial charge in [0.15, 0.2) is 21.9 Å². The second-order valence-electron chi connectivity index (χ2n) is 5.38. The average molecular weight is 394 g/mol. The van der Waals surface area contributed by atoms with E-state index in [1.165, 1.54) is 22.7 Å². The molecule has 1 atom stereocenters. The molecule has 2 aromatic heterocycles. The number of carbonyl (C=O) groups is 2. The molecular weight excluding hydrogens is 378 g/mol. The number of carbonyl (C=O) groups excluding carboxylic acids is 2. The molecule has 7 nitrogen and oxygen atoms in total. The standard InChI is InChI=1S/C17H16ClN3O4S/c1-10(15(22)19-9-11-5-3-4-6-12(11)24-2)25-16(23)13-14(18)20-17-21(13)7-8-26-17/h3-8,10H,9H2,1-2H3,(H,19,22)/t10-/m1/s1. The molecule has 1 amide bonds. The van der Waals surface area contributed by atoms with E-state index in [1.807, 2.05) is 18.2 Å². The largest absolute Gasteiger partial charge is 0.496 e. The number of hydrogen-bond donors (Lipinski definition) is 1. The smallest absolute Gasteiger partial charge is 0.359 e. The Morgan fingerprint density at radius 3 is 2.92 bits per heavy atom. The van der Waals surface area contributed by atoms with E-state index in [1.54, 1.807) is 24.8 Å². The molecule has 3 rings (SSSR count). The summed E-state index contributed by atoms with van der Waals surface area (Å²) in [5.74, 6) is -0.462. The molecule has 136 valence electrons. The fraction of sp³-hybridized carbons (Fsp3) is 0.235. The number of fused-ring (bicyclic) bond motifs is 1. The van der Waals surface area contributed by atoms with Crippen molar-refractivity contribution in [3.8, 4) is 5.75 Å². The van der Waals surface area contributed by atoms with Gasteiger partial charge in [0, 0.05) is 23.7 Å². The first-order valence-electron chi connectivity index (χ1n) is 7.73. The number of aromatic nitrogens is 2. The summed E-state index contributed by atoms with van der Waals surface area (Å²) in [6.07, 6.45) is 0.680. The lowest BCUT2D eigenvalue weighted by molar-refractivity contribution is -0.129. The predicted molar refractivity (Wildman–Crippen MR) is 97.8 cm³/mol. The van der Waals surface area contributed by atoms with Crippen LogP contribution in [0, 0.1) is 0 Å². The van der Waals surface area contributed by atoms with Crippen LogP contribution in [0.3, 0.4) is 0 Å². The number of hydrogen-bond acceptors (Lipinski definition) is 6. The van der Waals surface area contributed by atoms with Crippen molar-refractivity contribution < 1.29 is 19.1 Å². The molecule has 1 N–H and O–H groups in total. The number of imidazole rings is 1. The van der Waals surface area contributed by atoms with Crippen molar-refractivity contribution >= 4 is 39.8 Å². The van der Waals surface area contributed by atoms with E-state index in [-0.39, 0.29) is 17.4 Å². The maximum Gasteiger partial charge on any atom is 0.359 e. The van der Waals surface area contributed by atoms with Crippen LogP contribution in [0.1, 0.15) is 23.0 Å². The van der Waals surface area contributed by atoms with E-state index in [9.17, 15) is 9.59 Å². The second-order valence-corrected chi connectivity index (χ2v) is 6.62. The lowest BCUT2D eigenvalue weighted by Gasteiger charge is -2.14. The Hall–Kier alpha value is -2.58. The van der Waals surface area contributed by atoms with E-state index in [4.69, 9.17) is 21.1 Å². The van der Waals surface area contributed by atoms with Crippen molar-refractivity contribution in [1.82, 2.24) is 14.7 Å². The van der Waals surface area contributed by atoms with Crippen molar-refractivity contribution in [2.75, 3.05) is 7.11 Å². The second kappa shape index (κ2) is 7.76. The van der Waals surface area contributed by atoms with Gasteiger partial charge in [0.2, 0.25) is 0 Å². The minimum Gasteiger partial charge on any atom is -0.496 e. The molecule has 0 unspecified atom stereocenters. The highest BCUT2D eigenvalue weighted by Crippen LogP contribution is 2.22. The fourth-order valence-electron chi connectivity index (χ4n) is 2.39. The van der Waals surface area contributed by atoms with Gasteiger partial charge in [0.1, 0.15) is 5.75 Å². The van der Waals surface area contributed by atoms with Gasteiger partial charge in [0.05, 0.1) is 7.11 Å².